The fourth-order valence-electron chi connectivity index (χ4n) is 2.74. The molecule has 1 aliphatic heterocycles. The molecule has 32 heavy (non-hydrogen) atoms. The summed E-state index contributed by atoms with van der Waals surface area (Å²) < 4.78 is 52.0. The zero-order valence-electron chi connectivity index (χ0n) is 16.2. The lowest BCUT2D eigenvalue weighted by atomic mass is 10.2. The van der Waals surface area contributed by atoms with E-state index in [1.54, 1.807) is 12.2 Å². The monoisotopic (exact) mass is 477 g/mol. The maximum atomic E-state index is 13.4. The molecular weight excluding hydrogens is 463 g/mol. The third kappa shape index (κ3) is 5.56. The van der Waals surface area contributed by atoms with Gasteiger partial charge >= 0.3 is 6.61 Å². The maximum absolute atomic E-state index is 13.4. The molecule has 2 aromatic rings. The van der Waals surface area contributed by atoms with Crippen LogP contribution >= 0.6 is 23.9 Å². The minimum Gasteiger partial charge on any atom is -0.417 e. The fourth-order valence-corrected chi connectivity index (χ4v) is 4.31. The molecule has 0 atom stereocenters. The van der Waals surface area contributed by atoms with E-state index >= 15 is 0 Å². The second-order valence-electron chi connectivity index (χ2n) is 6.39. The summed E-state index contributed by atoms with van der Waals surface area (Å²) in [5.74, 6) is -0.551. The first-order valence-corrected chi connectivity index (χ1v) is 10.7. The van der Waals surface area contributed by atoms with E-state index in [2.05, 4.69) is 23.6 Å². The summed E-state index contributed by atoms with van der Waals surface area (Å²) in [6.45, 7) is -2.86. The van der Waals surface area contributed by atoms with Gasteiger partial charge in [-0.05, 0) is 36.3 Å². The van der Waals surface area contributed by atoms with Gasteiger partial charge in [-0.25, -0.2) is 14.1 Å². The topological polar surface area (TPSA) is 81.7 Å². The fraction of sp³-hybridized carbons (Fsp3) is 0.150. The molecule has 0 radical (unpaired) electrons. The molecule has 1 aliphatic carbocycles. The number of hydrogen-bond acceptors (Lipinski definition) is 8. The van der Waals surface area contributed by atoms with Gasteiger partial charge in [0.1, 0.15) is 28.0 Å². The van der Waals surface area contributed by atoms with Crippen LogP contribution in [0.4, 0.5) is 13.2 Å². The minimum atomic E-state index is -2.96. The SMILES string of the molecule is O=c1ccc(-c2ccc(OC(F)F)nc2)nn1CC1=NSN=C(C2=CC=C(F)C=CC2)S1. The molecule has 0 unspecified atom stereocenters. The highest BCUT2D eigenvalue weighted by Gasteiger charge is 2.18. The number of pyridine rings is 1. The molecule has 12 heteroatoms. The van der Waals surface area contributed by atoms with E-state index in [9.17, 15) is 18.0 Å². The van der Waals surface area contributed by atoms with Crippen LogP contribution in [0.1, 0.15) is 6.42 Å². The molecule has 0 aromatic carbocycles. The van der Waals surface area contributed by atoms with E-state index in [1.807, 2.05) is 0 Å². The number of halogens is 3. The highest BCUT2D eigenvalue weighted by Crippen LogP contribution is 2.29. The molecule has 0 fully saturated rings. The van der Waals surface area contributed by atoms with Crippen molar-refractivity contribution in [1.29, 1.82) is 0 Å². The molecule has 0 bridgehead atoms. The molecule has 2 aliphatic rings. The highest BCUT2D eigenvalue weighted by atomic mass is 32.2. The van der Waals surface area contributed by atoms with Crippen LogP contribution in [-0.4, -0.2) is 31.5 Å². The van der Waals surface area contributed by atoms with E-state index < -0.39 is 6.61 Å². The van der Waals surface area contributed by atoms with E-state index in [-0.39, 0.29) is 23.8 Å². The van der Waals surface area contributed by atoms with Crippen LogP contribution in [0.2, 0.25) is 0 Å². The standard InChI is InChI=1S/C20H14F3N5O2S2/c21-14-3-1-2-12(4-6-14)19-27-32-26-17(31-19)11-28-18(29)9-7-15(25-28)13-5-8-16(24-10-13)30-20(22)23/h1,3-10,20H,2,11H2. The van der Waals surface area contributed by atoms with Crippen molar-refractivity contribution in [1.82, 2.24) is 14.8 Å². The smallest absolute Gasteiger partial charge is 0.388 e. The van der Waals surface area contributed by atoms with Gasteiger partial charge in [0, 0.05) is 23.9 Å². The molecule has 7 nitrogen and oxygen atoms in total. The van der Waals surface area contributed by atoms with Crippen LogP contribution in [0.3, 0.4) is 0 Å². The summed E-state index contributed by atoms with van der Waals surface area (Å²) in [6.07, 6.45) is 8.01. The summed E-state index contributed by atoms with van der Waals surface area (Å²) in [4.78, 5) is 16.1. The van der Waals surface area contributed by atoms with Crippen molar-refractivity contribution in [2.75, 3.05) is 0 Å². The molecule has 3 heterocycles. The molecule has 0 amide bonds. The van der Waals surface area contributed by atoms with Crippen LogP contribution < -0.4 is 10.3 Å². The number of aromatic nitrogens is 3. The second-order valence-corrected chi connectivity index (χ2v) is 7.98. The number of thioether (sulfide) groups is 1. The lowest BCUT2D eigenvalue weighted by Crippen LogP contribution is -2.26. The summed E-state index contributed by atoms with van der Waals surface area (Å²) in [6, 6.07) is 5.69. The second kappa shape index (κ2) is 10.0. The van der Waals surface area contributed by atoms with Crippen LogP contribution in [-0.2, 0) is 6.54 Å². The molecule has 0 saturated heterocycles. The molecule has 0 spiro atoms. The highest BCUT2D eigenvalue weighted by molar-refractivity contribution is 8.28. The van der Waals surface area contributed by atoms with E-state index in [0.29, 0.717) is 27.8 Å². The molecule has 0 saturated carbocycles. The van der Waals surface area contributed by atoms with Gasteiger partial charge < -0.3 is 4.74 Å². The number of ether oxygens (including phenoxy) is 1. The Hall–Kier alpha value is -3.12. The zero-order valence-corrected chi connectivity index (χ0v) is 17.8. The third-order valence-electron chi connectivity index (χ3n) is 4.21. The Balaban J connectivity index is 1.49. The Labute approximate surface area is 188 Å². The summed E-state index contributed by atoms with van der Waals surface area (Å²) in [5, 5.41) is 5.62. The van der Waals surface area contributed by atoms with Gasteiger partial charge in [-0.1, -0.05) is 23.9 Å². The van der Waals surface area contributed by atoms with Gasteiger partial charge in [0.2, 0.25) is 5.88 Å². The van der Waals surface area contributed by atoms with E-state index in [4.69, 9.17) is 0 Å². The van der Waals surface area contributed by atoms with E-state index in [1.165, 1.54) is 59.1 Å². The van der Waals surface area contributed by atoms with Gasteiger partial charge in [0.15, 0.2) is 0 Å². The largest absolute Gasteiger partial charge is 0.417 e. The van der Waals surface area contributed by atoms with Gasteiger partial charge in [-0.3, -0.25) is 4.79 Å². The van der Waals surface area contributed by atoms with Gasteiger partial charge in [0.25, 0.3) is 5.56 Å². The zero-order chi connectivity index (χ0) is 22.5. The molecular formula is C20H14F3N5O2S2. The molecule has 0 N–H and O–H groups in total. The van der Waals surface area contributed by atoms with Crippen molar-refractivity contribution in [2.24, 2.45) is 8.80 Å². The summed E-state index contributed by atoms with van der Waals surface area (Å²) in [7, 11) is 0. The number of rotatable bonds is 6. The van der Waals surface area contributed by atoms with Crippen LogP contribution in [0.25, 0.3) is 11.3 Å². The average Bonchev–Trinajstić information content (AvgIpc) is 3.00. The minimum absolute atomic E-state index is 0.108. The van der Waals surface area contributed by atoms with Crippen molar-refractivity contribution < 1.29 is 17.9 Å². The first-order chi connectivity index (χ1) is 15.5. The first-order valence-electron chi connectivity index (χ1n) is 9.19. The lowest BCUT2D eigenvalue weighted by molar-refractivity contribution is -0.0528. The van der Waals surface area contributed by atoms with Gasteiger partial charge in [-0.15, -0.1) is 0 Å². The maximum Gasteiger partial charge on any atom is 0.388 e. The van der Waals surface area contributed by atoms with Crippen molar-refractivity contribution in [3.8, 4) is 17.1 Å². The van der Waals surface area contributed by atoms with Crippen molar-refractivity contribution >= 4 is 34.0 Å². The Morgan fingerprint density at radius 3 is 2.81 bits per heavy atom. The predicted octanol–water partition coefficient (Wildman–Crippen LogP) is 4.75. The Morgan fingerprint density at radius 1 is 1.16 bits per heavy atom. The Kier molecular flexibility index (Phi) is 6.90. The van der Waals surface area contributed by atoms with Crippen LogP contribution in [0.5, 0.6) is 5.88 Å². The number of alkyl halides is 2. The Morgan fingerprint density at radius 2 is 2.03 bits per heavy atom. The number of nitrogens with zero attached hydrogens (tertiary/aromatic N) is 5. The average molecular weight is 477 g/mol. The first kappa shape index (κ1) is 22.1. The predicted molar refractivity (Wildman–Crippen MR) is 119 cm³/mol. The van der Waals surface area contributed by atoms with Crippen molar-refractivity contribution in [3.05, 3.63) is 76.5 Å². The number of hydrogen-bond donors (Lipinski definition) is 0. The lowest BCUT2D eigenvalue weighted by Gasteiger charge is -2.14. The van der Waals surface area contributed by atoms with Crippen LogP contribution in [0.15, 0.2) is 79.8 Å². The van der Waals surface area contributed by atoms with E-state index in [0.717, 1.165) is 17.7 Å². The normalized spacial score (nSPS) is 16.1. The van der Waals surface area contributed by atoms with Crippen molar-refractivity contribution in [3.63, 3.8) is 0 Å². The van der Waals surface area contributed by atoms with Gasteiger partial charge in [0.05, 0.1) is 12.2 Å². The molecule has 164 valence electrons. The summed E-state index contributed by atoms with van der Waals surface area (Å²) in [5.41, 5.74) is 1.46. The summed E-state index contributed by atoms with van der Waals surface area (Å²) >= 11 is 2.28. The van der Waals surface area contributed by atoms with Crippen molar-refractivity contribution in [2.45, 2.75) is 19.6 Å². The van der Waals surface area contributed by atoms with Crippen LogP contribution in [0, 0.1) is 0 Å². The number of allylic oxidation sites excluding steroid dienone is 5. The Bertz CT molecular complexity index is 1220. The third-order valence-corrected chi connectivity index (χ3v) is 6.01. The molecule has 4 rings (SSSR count). The quantitative estimate of drug-likeness (QED) is 0.559. The molecule has 2 aromatic heterocycles. The van der Waals surface area contributed by atoms with Gasteiger partial charge in [-0.2, -0.15) is 22.7 Å².